The number of hydrogen-bond acceptors (Lipinski definition) is 3. The average molecular weight is 240 g/mol. The highest BCUT2D eigenvalue weighted by atomic mass is 19.4. The van der Waals surface area contributed by atoms with Crippen LogP contribution in [0, 0.1) is 0 Å². The maximum atomic E-state index is 12.5. The molecule has 1 aliphatic rings. The summed E-state index contributed by atoms with van der Waals surface area (Å²) in [6.45, 7) is 0.185. The first-order valence-corrected chi connectivity index (χ1v) is 4.99. The second-order valence-corrected chi connectivity index (χ2v) is 4.15. The van der Waals surface area contributed by atoms with E-state index in [1.807, 2.05) is 0 Å². The van der Waals surface area contributed by atoms with Gasteiger partial charge in [-0.2, -0.15) is 13.2 Å². The average Bonchev–Trinajstić information content (AvgIpc) is 2.94. The Labute approximate surface area is 91.2 Å². The molecule has 94 valence electrons. The lowest BCUT2D eigenvalue weighted by Gasteiger charge is -2.32. The Hall–Kier alpha value is -0.820. The van der Waals surface area contributed by atoms with Crippen molar-refractivity contribution >= 4 is 5.91 Å². The van der Waals surface area contributed by atoms with Crippen molar-refractivity contribution in [1.29, 1.82) is 0 Å². The van der Waals surface area contributed by atoms with E-state index in [9.17, 15) is 18.0 Å². The molecule has 16 heavy (non-hydrogen) atoms. The van der Waals surface area contributed by atoms with Crippen LogP contribution in [-0.2, 0) is 4.79 Å². The van der Waals surface area contributed by atoms with Crippen LogP contribution in [0.1, 0.15) is 19.8 Å². The number of rotatable bonds is 4. The Kier molecular flexibility index (Phi) is 3.49. The summed E-state index contributed by atoms with van der Waals surface area (Å²) in [6, 6.07) is -0.204. The van der Waals surface area contributed by atoms with Crippen LogP contribution in [0.15, 0.2) is 0 Å². The summed E-state index contributed by atoms with van der Waals surface area (Å²) in [5, 5.41) is 8.71. The zero-order chi connectivity index (χ0) is 12.6. The number of nitrogens with zero attached hydrogens (tertiary/aromatic N) is 1. The lowest BCUT2D eigenvalue weighted by atomic mass is 10.0. The fourth-order valence-electron chi connectivity index (χ4n) is 1.36. The monoisotopic (exact) mass is 240 g/mol. The zero-order valence-electron chi connectivity index (χ0n) is 8.92. The topological polar surface area (TPSA) is 66.6 Å². The van der Waals surface area contributed by atoms with Gasteiger partial charge in [-0.05, 0) is 19.8 Å². The Morgan fingerprint density at radius 1 is 1.50 bits per heavy atom. The molecule has 1 aliphatic carbocycles. The Morgan fingerprint density at radius 2 is 2.00 bits per heavy atom. The Balaban J connectivity index is 2.81. The van der Waals surface area contributed by atoms with Gasteiger partial charge in [0.2, 0.25) is 0 Å². The van der Waals surface area contributed by atoms with E-state index in [4.69, 9.17) is 10.8 Å². The number of halogens is 3. The molecular formula is C9H15F3N2O2. The Bertz CT molecular complexity index is 274. The summed E-state index contributed by atoms with van der Waals surface area (Å²) in [5.74, 6) is -1.17. The van der Waals surface area contributed by atoms with Gasteiger partial charge in [0.05, 0.1) is 6.61 Å². The molecule has 1 rings (SSSR count). The highest BCUT2D eigenvalue weighted by Crippen LogP contribution is 2.34. The van der Waals surface area contributed by atoms with E-state index < -0.39 is 17.6 Å². The second kappa shape index (κ2) is 4.21. The maximum Gasteiger partial charge on any atom is 0.415 e. The van der Waals surface area contributed by atoms with Crippen LogP contribution < -0.4 is 5.73 Å². The van der Waals surface area contributed by atoms with Crippen molar-refractivity contribution in [3.8, 4) is 0 Å². The molecular weight excluding hydrogens is 225 g/mol. The molecule has 0 aliphatic heterocycles. The molecule has 1 amide bonds. The molecule has 7 heteroatoms. The number of carbonyl (C=O) groups is 1. The SMILES string of the molecule is CC(N)(C(=O)N(CCO)C1CC1)C(F)(F)F. The van der Waals surface area contributed by atoms with E-state index in [0.29, 0.717) is 19.8 Å². The van der Waals surface area contributed by atoms with Gasteiger partial charge in [-0.25, -0.2) is 0 Å². The van der Waals surface area contributed by atoms with Crippen LogP contribution in [0.5, 0.6) is 0 Å². The van der Waals surface area contributed by atoms with E-state index >= 15 is 0 Å². The summed E-state index contributed by atoms with van der Waals surface area (Å²) >= 11 is 0. The predicted octanol–water partition coefficient (Wildman–Crippen LogP) is 0.249. The van der Waals surface area contributed by atoms with Crippen LogP contribution in [0.3, 0.4) is 0 Å². The van der Waals surface area contributed by atoms with Crippen molar-refractivity contribution in [2.45, 2.75) is 37.5 Å². The maximum absolute atomic E-state index is 12.5. The number of carbonyl (C=O) groups excluding carboxylic acids is 1. The fraction of sp³-hybridized carbons (Fsp3) is 0.889. The molecule has 3 N–H and O–H groups in total. The van der Waals surface area contributed by atoms with Crippen molar-refractivity contribution in [1.82, 2.24) is 4.90 Å². The molecule has 4 nitrogen and oxygen atoms in total. The molecule has 0 heterocycles. The lowest BCUT2D eigenvalue weighted by molar-refractivity contribution is -0.194. The fourth-order valence-corrected chi connectivity index (χ4v) is 1.36. The molecule has 0 radical (unpaired) electrons. The van der Waals surface area contributed by atoms with E-state index in [2.05, 4.69) is 0 Å². The van der Waals surface area contributed by atoms with Gasteiger partial charge < -0.3 is 15.7 Å². The number of aliphatic hydroxyl groups excluding tert-OH is 1. The highest BCUT2D eigenvalue weighted by molar-refractivity contribution is 5.87. The number of hydrogen-bond donors (Lipinski definition) is 2. The van der Waals surface area contributed by atoms with Gasteiger partial charge in [0.1, 0.15) is 0 Å². The van der Waals surface area contributed by atoms with Gasteiger partial charge in [0, 0.05) is 12.6 Å². The molecule has 1 fully saturated rings. The number of nitrogens with two attached hydrogens (primary N) is 1. The minimum atomic E-state index is -4.79. The summed E-state index contributed by atoms with van der Waals surface area (Å²) < 4.78 is 37.6. The van der Waals surface area contributed by atoms with Crippen LogP contribution in [0.25, 0.3) is 0 Å². The van der Waals surface area contributed by atoms with Gasteiger partial charge in [-0.1, -0.05) is 0 Å². The van der Waals surface area contributed by atoms with Crippen LogP contribution in [-0.4, -0.2) is 46.8 Å². The smallest absolute Gasteiger partial charge is 0.395 e. The largest absolute Gasteiger partial charge is 0.415 e. The standard InChI is InChI=1S/C9H15F3N2O2/c1-8(13,9(10,11)12)7(16)14(4-5-15)6-2-3-6/h6,15H,2-5,13H2,1H3. The highest BCUT2D eigenvalue weighted by Gasteiger charge is 2.56. The van der Waals surface area contributed by atoms with Crippen LogP contribution in [0.4, 0.5) is 13.2 Å². The molecule has 0 aromatic heterocycles. The normalized spacial score (nSPS) is 20.4. The first-order chi connectivity index (χ1) is 7.21. The first kappa shape index (κ1) is 13.2. The van der Waals surface area contributed by atoms with Crippen molar-refractivity contribution < 1.29 is 23.1 Å². The van der Waals surface area contributed by atoms with Gasteiger partial charge in [0.25, 0.3) is 5.91 Å². The number of aliphatic hydroxyl groups is 1. The second-order valence-electron chi connectivity index (χ2n) is 4.15. The summed E-state index contributed by atoms with van der Waals surface area (Å²) in [5.41, 5.74) is 2.15. The molecule has 0 aromatic carbocycles. The lowest BCUT2D eigenvalue weighted by Crippen LogP contribution is -2.62. The molecule has 0 bridgehead atoms. The van der Waals surface area contributed by atoms with Gasteiger partial charge >= 0.3 is 6.18 Å². The van der Waals surface area contributed by atoms with E-state index in [1.165, 1.54) is 0 Å². The predicted molar refractivity (Wildman–Crippen MR) is 50.5 cm³/mol. The molecule has 1 atom stereocenters. The number of amides is 1. The summed E-state index contributed by atoms with van der Waals surface area (Å²) in [7, 11) is 0. The molecule has 0 spiro atoms. The minimum absolute atomic E-state index is 0.105. The van der Waals surface area contributed by atoms with E-state index in [0.717, 1.165) is 4.90 Å². The third-order valence-corrected chi connectivity index (χ3v) is 2.62. The molecule has 1 unspecified atom stereocenters. The van der Waals surface area contributed by atoms with Crippen molar-refractivity contribution in [2.75, 3.05) is 13.2 Å². The first-order valence-electron chi connectivity index (χ1n) is 4.99. The van der Waals surface area contributed by atoms with Crippen molar-refractivity contribution in [3.05, 3.63) is 0 Å². The molecule has 0 saturated heterocycles. The molecule has 1 saturated carbocycles. The van der Waals surface area contributed by atoms with E-state index in [-0.39, 0.29) is 19.2 Å². The zero-order valence-corrected chi connectivity index (χ0v) is 8.92. The third kappa shape index (κ3) is 2.46. The molecule has 0 aromatic rings. The van der Waals surface area contributed by atoms with E-state index in [1.54, 1.807) is 0 Å². The quantitative estimate of drug-likeness (QED) is 0.740. The summed E-state index contributed by atoms with van der Waals surface area (Å²) in [4.78, 5) is 12.7. The van der Waals surface area contributed by atoms with Crippen LogP contribution in [0.2, 0.25) is 0 Å². The van der Waals surface area contributed by atoms with Crippen molar-refractivity contribution in [3.63, 3.8) is 0 Å². The van der Waals surface area contributed by atoms with Gasteiger partial charge in [0.15, 0.2) is 5.54 Å². The summed E-state index contributed by atoms with van der Waals surface area (Å²) in [6.07, 6.45) is -3.45. The number of alkyl halides is 3. The van der Waals surface area contributed by atoms with Gasteiger partial charge in [-0.3, -0.25) is 4.79 Å². The van der Waals surface area contributed by atoms with Crippen LogP contribution >= 0.6 is 0 Å². The minimum Gasteiger partial charge on any atom is -0.395 e. The van der Waals surface area contributed by atoms with Crippen molar-refractivity contribution in [2.24, 2.45) is 5.73 Å². The van der Waals surface area contributed by atoms with Gasteiger partial charge in [-0.15, -0.1) is 0 Å². The third-order valence-electron chi connectivity index (χ3n) is 2.62. The Morgan fingerprint density at radius 3 is 2.31 bits per heavy atom.